The number of halogens is 1. The second-order valence-electron chi connectivity index (χ2n) is 5.70. The van der Waals surface area contributed by atoms with Crippen molar-refractivity contribution in [2.75, 3.05) is 6.54 Å². The van der Waals surface area contributed by atoms with Gasteiger partial charge in [0, 0.05) is 6.04 Å². The van der Waals surface area contributed by atoms with Crippen molar-refractivity contribution in [2.24, 2.45) is 0 Å². The van der Waals surface area contributed by atoms with Gasteiger partial charge in [-0.05, 0) is 62.1 Å². The lowest BCUT2D eigenvalue weighted by Crippen LogP contribution is -2.25. The Hall–Kier alpha value is -1.67. The molecule has 0 aliphatic heterocycles. The van der Waals surface area contributed by atoms with Crippen molar-refractivity contribution in [2.45, 2.75) is 39.7 Å². The predicted octanol–water partition coefficient (Wildman–Crippen LogP) is 4.73. The summed E-state index contributed by atoms with van der Waals surface area (Å²) in [6, 6.07) is 13.7. The molecule has 0 radical (unpaired) electrons. The molecule has 1 nitrogen and oxygen atoms in total. The topological polar surface area (TPSA) is 12.0 Å². The molecule has 0 fully saturated rings. The first-order valence-electron chi connectivity index (χ1n) is 7.65. The number of rotatable bonds is 6. The fourth-order valence-electron chi connectivity index (χ4n) is 2.67. The third kappa shape index (κ3) is 4.40. The summed E-state index contributed by atoms with van der Waals surface area (Å²) in [4.78, 5) is 0. The van der Waals surface area contributed by atoms with E-state index >= 15 is 0 Å². The molecular weight excluding hydrogens is 261 g/mol. The molecule has 0 amide bonds. The van der Waals surface area contributed by atoms with Crippen LogP contribution in [-0.2, 0) is 6.42 Å². The summed E-state index contributed by atoms with van der Waals surface area (Å²) in [5.74, 6) is -0.164. The van der Waals surface area contributed by atoms with E-state index in [2.05, 4.69) is 43.4 Å². The number of nitrogens with one attached hydrogen (secondary N) is 1. The van der Waals surface area contributed by atoms with Crippen LogP contribution in [0, 0.1) is 19.7 Å². The van der Waals surface area contributed by atoms with E-state index in [1.54, 1.807) is 6.07 Å². The zero-order chi connectivity index (χ0) is 15.2. The summed E-state index contributed by atoms with van der Waals surface area (Å²) in [5, 5.41) is 3.56. The third-order valence-electron chi connectivity index (χ3n) is 3.78. The minimum Gasteiger partial charge on any atom is -0.310 e. The molecule has 0 spiro atoms. The molecule has 112 valence electrons. The summed E-state index contributed by atoms with van der Waals surface area (Å²) in [6.07, 6.45) is 1.95. The van der Waals surface area contributed by atoms with E-state index in [9.17, 15) is 4.39 Å². The molecule has 1 N–H and O–H groups in total. The maximum atomic E-state index is 13.6. The fraction of sp³-hybridized carbons (Fsp3) is 0.368. The summed E-state index contributed by atoms with van der Waals surface area (Å²) in [5.41, 5.74) is 4.74. The lowest BCUT2D eigenvalue weighted by atomic mass is 9.94. The zero-order valence-corrected chi connectivity index (χ0v) is 13.1. The monoisotopic (exact) mass is 285 g/mol. The van der Waals surface area contributed by atoms with Crippen molar-refractivity contribution >= 4 is 0 Å². The second-order valence-corrected chi connectivity index (χ2v) is 5.70. The summed E-state index contributed by atoms with van der Waals surface area (Å²) in [6.45, 7) is 7.23. The smallest absolute Gasteiger partial charge is 0.123 e. The van der Waals surface area contributed by atoms with Crippen LogP contribution in [0.2, 0.25) is 0 Å². The van der Waals surface area contributed by atoms with Crippen LogP contribution in [0.1, 0.15) is 41.6 Å². The van der Waals surface area contributed by atoms with Crippen LogP contribution in [0.3, 0.4) is 0 Å². The second kappa shape index (κ2) is 7.37. The lowest BCUT2D eigenvalue weighted by Gasteiger charge is -2.21. The Morgan fingerprint density at radius 2 is 1.90 bits per heavy atom. The van der Waals surface area contributed by atoms with Gasteiger partial charge in [0.25, 0.3) is 0 Å². The highest BCUT2D eigenvalue weighted by Crippen LogP contribution is 2.23. The van der Waals surface area contributed by atoms with Gasteiger partial charge in [-0.15, -0.1) is 0 Å². The van der Waals surface area contributed by atoms with E-state index in [-0.39, 0.29) is 11.9 Å². The van der Waals surface area contributed by atoms with Gasteiger partial charge in [0.1, 0.15) is 5.82 Å². The maximum Gasteiger partial charge on any atom is 0.123 e. The highest BCUT2D eigenvalue weighted by Gasteiger charge is 2.14. The summed E-state index contributed by atoms with van der Waals surface area (Å²) >= 11 is 0. The average molecular weight is 285 g/mol. The molecule has 2 rings (SSSR count). The van der Waals surface area contributed by atoms with Crippen LogP contribution >= 0.6 is 0 Å². The van der Waals surface area contributed by atoms with Crippen molar-refractivity contribution in [3.63, 3.8) is 0 Å². The molecule has 2 heteroatoms. The Balaban J connectivity index is 2.27. The van der Waals surface area contributed by atoms with Gasteiger partial charge in [0.15, 0.2) is 0 Å². The van der Waals surface area contributed by atoms with Crippen LogP contribution < -0.4 is 5.32 Å². The van der Waals surface area contributed by atoms with Gasteiger partial charge in [-0.1, -0.05) is 42.8 Å². The molecule has 2 aromatic carbocycles. The third-order valence-corrected chi connectivity index (χ3v) is 3.78. The van der Waals surface area contributed by atoms with Crippen LogP contribution in [0.4, 0.5) is 4.39 Å². The van der Waals surface area contributed by atoms with Gasteiger partial charge < -0.3 is 5.32 Å². The van der Waals surface area contributed by atoms with E-state index < -0.39 is 0 Å². The van der Waals surface area contributed by atoms with E-state index in [1.165, 1.54) is 17.2 Å². The molecule has 1 unspecified atom stereocenters. The number of hydrogen-bond donors (Lipinski definition) is 1. The minimum atomic E-state index is -0.164. The van der Waals surface area contributed by atoms with Crippen molar-refractivity contribution in [3.05, 3.63) is 70.5 Å². The molecule has 2 aromatic rings. The predicted molar refractivity (Wildman–Crippen MR) is 87.1 cm³/mol. The van der Waals surface area contributed by atoms with Crippen molar-refractivity contribution in [1.82, 2.24) is 5.32 Å². The molecule has 0 aliphatic carbocycles. The Labute approximate surface area is 127 Å². The standard InChI is InChI=1S/C19H24FN/c1-4-10-21-19(12-16-7-5-6-14(2)11-16)18-13-17(20)9-8-15(18)3/h5-9,11,13,19,21H,4,10,12H2,1-3H3. The Bertz CT molecular complexity index is 592. The van der Waals surface area contributed by atoms with Gasteiger partial charge in [0.05, 0.1) is 0 Å². The van der Waals surface area contributed by atoms with Crippen LogP contribution in [0.5, 0.6) is 0 Å². The SMILES string of the molecule is CCCNC(Cc1cccc(C)c1)c1cc(F)ccc1C. The molecule has 21 heavy (non-hydrogen) atoms. The highest BCUT2D eigenvalue weighted by molar-refractivity contribution is 5.32. The molecule has 0 bridgehead atoms. The molecule has 0 aliphatic rings. The Morgan fingerprint density at radius 3 is 2.62 bits per heavy atom. The highest BCUT2D eigenvalue weighted by atomic mass is 19.1. The first-order valence-corrected chi connectivity index (χ1v) is 7.65. The van der Waals surface area contributed by atoms with E-state index in [0.717, 1.165) is 30.5 Å². The number of benzene rings is 2. The van der Waals surface area contributed by atoms with Crippen molar-refractivity contribution < 1.29 is 4.39 Å². The van der Waals surface area contributed by atoms with Gasteiger partial charge in [-0.25, -0.2) is 4.39 Å². The van der Waals surface area contributed by atoms with Gasteiger partial charge in [-0.3, -0.25) is 0 Å². The number of hydrogen-bond acceptors (Lipinski definition) is 1. The average Bonchev–Trinajstić information content (AvgIpc) is 2.46. The fourth-order valence-corrected chi connectivity index (χ4v) is 2.67. The largest absolute Gasteiger partial charge is 0.310 e. The Morgan fingerprint density at radius 1 is 1.10 bits per heavy atom. The number of aryl methyl sites for hydroxylation is 2. The summed E-state index contributed by atoms with van der Waals surface area (Å²) in [7, 11) is 0. The van der Waals surface area contributed by atoms with E-state index in [0.29, 0.717) is 0 Å². The molecular formula is C19H24FN. The quantitative estimate of drug-likeness (QED) is 0.809. The van der Waals surface area contributed by atoms with Crippen LogP contribution in [0.25, 0.3) is 0 Å². The molecule has 0 saturated heterocycles. The van der Waals surface area contributed by atoms with Crippen molar-refractivity contribution in [3.8, 4) is 0 Å². The van der Waals surface area contributed by atoms with E-state index in [4.69, 9.17) is 0 Å². The van der Waals surface area contributed by atoms with Gasteiger partial charge in [-0.2, -0.15) is 0 Å². The van der Waals surface area contributed by atoms with E-state index in [1.807, 2.05) is 13.0 Å². The van der Waals surface area contributed by atoms with Crippen molar-refractivity contribution in [1.29, 1.82) is 0 Å². The van der Waals surface area contributed by atoms with Crippen LogP contribution in [-0.4, -0.2) is 6.54 Å². The molecule has 0 saturated carbocycles. The Kier molecular flexibility index (Phi) is 5.51. The first-order chi connectivity index (χ1) is 10.1. The normalized spacial score (nSPS) is 12.4. The molecule has 1 atom stereocenters. The molecule has 0 aromatic heterocycles. The van der Waals surface area contributed by atoms with Gasteiger partial charge >= 0.3 is 0 Å². The maximum absolute atomic E-state index is 13.6. The lowest BCUT2D eigenvalue weighted by molar-refractivity contribution is 0.522. The summed E-state index contributed by atoms with van der Waals surface area (Å²) < 4.78 is 13.6. The minimum absolute atomic E-state index is 0.155. The molecule has 0 heterocycles. The zero-order valence-electron chi connectivity index (χ0n) is 13.1. The van der Waals surface area contributed by atoms with Crippen LogP contribution in [0.15, 0.2) is 42.5 Å². The first kappa shape index (κ1) is 15.7. The van der Waals surface area contributed by atoms with Gasteiger partial charge in [0.2, 0.25) is 0 Å².